The minimum absolute atomic E-state index is 0.102. The fraction of sp³-hybridized carbons (Fsp3) is 0.462. The molecule has 0 radical (unpaired) electrons. The van der Waals surface area contributed by atoms with Crippen LogP contribution in [0.5, 0.6) is 0 Å². The molecule has 90 valence electrons. The standard InChI is InChI=1S/C13H15FN2O/c1-15-7-12-11-3-2-10(14)6-9(11)4-5-16(12)13(17)8-15/h2-3,6,12H,4-5,7-8H2,1H3. The van der Waals surface area contributed by atoms with Crippen molar-refractivity contribution in [1.82, 2.24) is 9.80 Å². The Morgan fingerprint density at radius 1 is 1.41 bits per heavy atom. The highest BCUT2D eigenvalue weighted by molar-refractivity contribution is 5.80. The first-order valence-electron chi connectivity index (χ1n) is 5.91. The van der Waals surface area contributed by atoms with Crippen molar-refractivity contribution in [1.29, 1.82) is 0 Å². The largest absolute Gasteiger partial charge is 0.333 e. The molecule has 1 fully saturated rings. The van der Waals surface area contributed by atoms with E-state index in [0.29, 0.717) is 13.1 Å². The van der Waals surface area contributed by atoms with Crippen molar-refractivity contribution >= 4 is 5.91 Å². The van der Waals surface area contributed by atoms with Crippen LogP contribution >= 0.6 is 0 Å². The molecule has 1 aromatic carbocycles. The van der Waals surface area contributed by atoms with E-state index in [1.807, 2.05) is 22.9 Å². The first kappa shape index (κ1) is 10.7. The Kier molecular flexibility index (Phi) is 2.40. The van der Waals surface area contributed by atoms with E-state index in [1.54, 1.807) is 6.07 Å². The molecule has 1 saturated heterocycles. The van der Waals surface area contributed by atoms with Crippen LogP contribution in [0.2, 0.25) is 0 Å². The number of fused-ring (bicyclic) bond motifs is 3. The summed E-state index contributed by atoms with van der Waals surface area (Å²) in [5.74, 6) is -0.00795. The van der Waals surface area contributed by atoms with Gasteiger partial charge >= 0.3 is 0 Å². The normalized spacial score (nSPS) is 24.5. The Morgan fingerprint density at radius 2 is 2.24 bits per heavy atom. The number of piperazine rings is 1. The molecule has 0 N–H and O–H groups in total. The van der Waals surface area contributed by atoms with Crippen LogP contribution in [0.3, 0.4) is 0 Å². The summed E-state index contributed by atoms with van der Waals surface area (Å²) in [6, 6.07) is 5.02. The van der Waals surface area contributed by atoms with Crippen LogP contribution in [0, 0.1) is 5.82 Å². The van der Waals surface area contributed by atoms with Gasteiger partial charge in [-0.25, -0.2) is 4.39 Å². The molecular formula is C13H15FN2O. The van der Waals surface area contributed by atoms with Crippen LogP contribution in [-0.2, 0) is 11.2 Å². The Morgan fingerprint density at radius 3 is 3.06 bits per heavy atom. The molecule has 17 heavy (non-hydrogen) atoms. The van der Waals surface area contributed by atoms with Gasteiger partial charge in [-0.2, -0.15) is 0 Å². The number of carbonyl (C=O) groups excluding carboxylic acids is 1. The van der Waals surface area contributed by atoms with Crippen molar-refractivity contribution in [2.24, 2.45) is 0 Å². The Bertz CT molecular complexity index is 474. The van der Waals surface area contributed by atoms with Crippen molar-refractivity contribution in [2.75, 3.05) is 26.7 Å². The predicted molar refractivity (Wildman–Crippen MR) is 62.1 cm³/mol. The van der Waals surface area contributed by atoms with Crippen LogP contribution in [-0.4, -0.2) is 42.4 Å². The van der Waals surface area contributed by atoms with E-state index >= 15 is 0 Å². The number of nitrogens with zero attached hydrogens (tertiary/aromatic N) is 2. The zero-order valence-electron chi connectivity index (χ0n) is 9.82. The van der Waals surface area contributed by atoms with E-state index in [9.17, 15) is 9.18 Å². The zero-order valence-corrected chi connectivity index (χ0v) is 9.82. The number of benzene rings is 1. The highest BCUT2D eigenvalue weighted by Gasteiger charge is 2.35. The van der Waals surface area contributed by atoms with E-state index in [4.69, 9.17) is 0 Å². The fourth-order valence-electron chi connectivity index (χ4n) is 2.86. The van der Waals surface area contributed by atoms with Gasteiger partial charge in [0.15, 0.2) is 0 Å². The van der Waals surface area contributed by atoms with E-state index in [1.165, 1.54) is 6.07 Å². The number of carbonyl (C=O) groups is 1. The number of likely N-dealkylation sites (N-methyl/N-ethyl adjacent to an activating group) is 1. The van der Waals surface area contributed by atoms with Crippen LogP contribution in [0.1, 0.15) is 17.2 Å². The topological polar surface area (TPSA) is 23.6 Å². The third-order valence-corrected chi connectivity index (χ3v) is 3.67. The van der Waals surface area contributed by atoms with Crippen molar-refractivity contribution in [3.8, 4) is 0 Å². The van der Waals surface area contributed by atoms with Crippen LogP contribution in [0.25, 0.3) is 0 Å². The monoisotopic (exact) mass is 234 g/mol. The van der Waals surface area contributed by atoms with Gasteiger partial charge in [-0.05, 0) is 36.7 Å². The van der Waals surface area contributed by atoms with Crippen molar-refractivity contribution in [2.45, 2.75) is 12.5 Å². The van der Waals surface area contributed by atoms with Gasteiger partial charge in [0.05, 0.1) is 12.6 Å². The van der Waals surface area contributed by atoms with E-state index in [0.717, 1.165) is 24.1 Å². The molecule has 3 nitrogen and oxygen atoms in total. The number of hydrogen-bond donors (Lipinski definition) is 0. The van der Waals surface area contributed by atoms with Gasteiger partial charge in [-0.3, -0.25) is 9.69 Å². The Balaban J connectivity index is 2.01. The molecular weight excluding hydrogens is 219 g/mol. The lowest BCUT2D eigenvalue weighted by molar-refractivity contribution is -0.139. The quantitative estimate of drug-likeness (QED) is 0.673. The van der Waals surface area contributed by atoms with Gasteiger partial charge < -0.3 is 4.90 Å². The minimum Gasteiger partial charge on any atom is -0.333 e. The predicted octanol–water partition coefficient (Wildman–Crippen LogP) is 1.20. The summed E-state index contributed by atoms with van der Waals surface area (Å²) in [5, 5.41) is 0. The molecule has 0 aliphatic carbocycles. The second kappa shape index (κ2) is 3.81. The Hall–Kier alpha value is -1.42. The average Bonchev–Trinajstić information content (AvgIpc) is 2.27. The van der Waals surface area contributed by atoms with Gasteiger partial charge in [0, 0.05) is 13.1 Å². The summed E-state index contributed by atoms with van der Waals surface area (Å²) in [5.41, 5.74) is 2.16. The summed E-state index contributed by atoms with van der Waals surface area (Å²) in [6.45, 7) is 2.05. The summed E-state index contributed by atoms with van der Waals surface area (Å²) < 4.78 is 13.2. The van der Waals surface area contributed by atoms with Crippen molar-refractivity contribution in [3.63, 3.8) is 0 Å². The van der Waals surface area contributed by atoms with Crippen LogP contribution < -0.4 is 0 Å². The maximum absolute atomic E-state index is 13.2. The van der Waals surface area contributed by atoms with Gasteiger partial charge in [-0.1, -0.05) is 6.07 Å². The molecule has 3 rings (SSSR count). The average molecular weight is 234 g/mol. The third kappa shape index (κ3) is 1.72. The van der Waals surface area contributed by atoms with Gasteiger partial charge in [-0.15, -0.1) is 0 Å². The fourth-order valence-corrected chi connectivity index (χ4v) is 2.86. The number of rotatable bonds is 0. The molecule has 0 bridgehead atoms. The smallest absolute Gasteiger partial charge is 0.237 e. The Labute approximate surface area is 99.8 Å². The summed E-state index contributed by atoms with van der Waals surface area (Å²) >= 11 is 0. The SMILES string of the molecule is CN1CC(=O)N2CCc3cc(F)ccc3C2C1. The van der Waals surface area contributed by atoms with Crippen LogP contribution in [0.4, 0.5) is 4.39 Å². The molecule has 4 heteroatoms. The molecule has 1 atom stereocenters. The highest BCUT2D eigenvalue weighted by Crippen LogP contribution is 2.32. The molecule has 1 unspecified atom stereocenters. The van der Waals surface area contributed by atoms with Crippen molar-refractivity contribution < 1.29 is 9.18 Å². The molecule has 2 aliphatic heterocycles. The lowest BCUT2D eigenvalue weighted by Crippen LogP contribution is -2.53. The minimum atomic E-state index is -0.187. The lowest BCUT2D eigenvalue weighted by atomic mass is 9.91. The van der Waals surface area contributed by atoms with Gasteiger partial charge in [0.1, 0.15) is 5.82 Å². The maximum atomic E-state index is 13.2. The number of hydrogen-bond acceptors (Lipinski definition) is 2. The maximum Gasteiger partial charge on any atom is 0.237 e. The second-order valence-electron chi connectivity index (χ2n) is 4.89. The first-order valence-corrected chi connectivity index (χ1v) is 5.91. The highest BCUT2D eigenvalue weighted by atomic mass is 19.1. The molecule has 1 amide bonds. The molecule has 2 heterocycles. The summed E-state index contributed by atoms with van der Waals surface area (Å²) in [6.07, 6.45) is 0.763. The molecule has 0 aromatic heterocycles. The zero-order chi connectivity index (χ0) is 12.0. The first-order chi connectivity index (χ1) is 8.15. The van der Waals surface area contributed by atoms with E-state index < -0.39 is 0 Å². The van der Waals surface area contributed by atoms with Crippen molar-refractivity contribution in [3.05, 3.63) is 35.1 Å². The number of halogens is 1. The summed E-state index contributed by atoms with van der Waals surface area (Å²) in [7, 11) is 1.95. The molecule has 0 spiro atoms. The third-order valence-electron chi connectivity index (χ3n) is 3.67. The molecule has 2 aliphatic rings. The van der Waals surface area contributed by atoms with Crippen LogP contribution in [0.15, 0.2) is 18.2 Å². The molecule has 0 saturated carbocycles. The second-order valence-corrected chi connectivity index (χ2v) is 4.89. The number of amides is 1. The van der Waals surface area contributed by atoms with E-state index in [2.05, 4.69) is 0 Å². The van der Waals surface area contributed by atoms with Gasteiger partial charge in [0.25, 0.3) is 0 Å². The van der Waals surface area contributed by atoms with E-state index in [-0.39, 0.29) is 17.8 Å². The summed E-state index contributed by atoms with van der Waals surface area (Å²) in [4.78, 5) is 15.9. The lowest BCUT2D eigenvalue weighted by Gasteiger charge is -2.43. The molecule has 1 aromatic rings. The van der Waals surface area contributed by atoms with Gasteiger partial charge in [0.2, 0.25) is 5.91 Å².